The molecule has 1 aromatic rings. The summed E-state index contributed by atoms with van der Waals surface area (Å²) in [6, 6.07) is 8.59. The number of nitrogens with zero attached hydrogens (tertiary/aromatic N) is 1. The predicted octanol–water partition coefficient (Wildman–Crippen LogP) is 3.21. The van der Waals surface area contributed by atoms with Crippen molar-refractivity contribution in [1.29, 1.82) is 0 Å². The minimum Gasteiger partial charge on any atom is -0.308 e. The number of ketones is 1. The van der Waals surface area contributed by atoms with Gasteiger partial charge < -0.3 is 4.90 Å². The zero-order valence-corrected chi connectivity index (χ0v) is 12.7. The van der Waals surface area contributed by atoms with Gasteiger partial charge in [-0.15, -0.1) is 0 Å². The highest BCUT2D eigenvalue weighted by Crippen LogP contribution is 2.55. The Morgan fingerprint density at radius 1 is 1.14 bits per heavy atom. The number of hydrogen-bond acceptors (Lipinski definition) is 2. The number of Topliss-reactive ketones (excluding diaryl/α,β-unsaturated/α-hetero) is 1. The number of carbonyl (C=O) groups is 2. The number of fused-ring (bicyclic) bond motifs is 2. The molecule has 1 atom stereocenters. The van der Waals surface area contributed by atoms with Gasteiger partial charge >= 0.3 is 0 Å². The van der Waals surface area contributed by atoms with Gasteiger partial charge in [0, 0.05) is 23.6 Å². The van der Waals surface area contributed by atoms with Crippen molar-refractivity contribution in [3.05, 3.63) is 29.8 Å². The Hall–Kier alpha value is -1.64. The third-order valence-electron chi connectivity index (χ3n) is 5.50. The van der Waals surface area contributed by atoms with E-state index in [-0.39, 0.29) is 5.91 Å². The quantitative estimate of drug-likeness (QED) is 0.793. The van der Waals surface area contributed by atoms with Crippen molar-refractivity contribution in [2.75, 3.05) is 4.90 Å². The van der Waals surface area contributed by atoms with Gasteiger partial charge in [-0.05, 0) is 37.3 Å². The molecule has 2 fully saturated rings. The maximum Gasteiger partial charge on any atom is 0.238 e. The van der Waals surface area contributed by atoms with Gasteiger partial charge in [-0.3, -0.25) is 9.59 Å². The molecule has 1 unspecified atom stereocenters. The molecule has 3 nitrogen and oxygen atoms in total. The summed E-state index contributed by atoms with van der Waals surface area (Å²) in [5.41, 5.74) is 1.38. The van der Waals surface area contributed by atoms with Gasteiger partial charge in [0.1, 0.15) is 5.78 Å². The Morgan fingerprint density at radius 2 is 1.86 bits per heavy atom. The minimum absolute atomic E-state index is 0.242. The van der Waals surface area contributed by atoms with Gasteiger partial charge in [0.25, 0.3) is 0 Å². The Labute approximate surface area is 125 Å². The molecule has 0 saturated heterocycles. The van der Waals surface area contributed by atoms with Crippen molar-refractivity contribution >= 4 is 17.4 Å². The molecule has 21 heavy (non-hydrogen) atoms. The second kappa shape index (κ2) is 3.96. The lowest BCUT2D eigenvalue weighted by Gasteiger charge is -2.40. The highest BCUT2D eigenvalue weighted by molar-refractivity contribution is 6.10. The van der Waals surface area contributed by atoms with Crippen molar-refractivity contribution < 1.29 is 9.59 Å². The first-order valence-corrected chi connectivity index (χ1v) is 7.92. The fourth-order valence-corrected chi connectivity index (χ4v) is 4.26. The van der Waals surface area contributed by atoms with E-state index in [1.165, 1.54) is 0 Å². The van der Waals surface area contributed by atoms with Crippen LogP contribution in [0.4, 0.5) is 5.69 Å². The molecular formula is C18H21NO2. The van der Waals surface area contributed by atoms with Crippen molar-refractivity contribution in [2.45, 2.75) is 57.4 Å². The van der Waals surface area contributed by atoms with Crippen molar-refractivity contribution in [3.63, 3.8) is 0 Å². The lowest BCUT2D eigenvalue weighted by molar-refractivity contribution is -0.135. The van der Waals surface area contributed by atoms with Crippen LogP contribution < -0.4 is 4.90 Å². The lowest BCUT2D eigenvalue weighted by atomic mass is 9.60. The highest BCUT2D eigenvalue weighted by Gasteiger charge is 2.58. The zero-order valence-electron chi connectivity index (χ0n) is 12.7. The second-order valence-corrected chi connectivity index (χ2v) is 7.49. The summed E-state index contributed by atoms with van der Waals surface area (Å²) in [5.74, 6) is 0.537. The van der Waals surface area contributed by atoms with Crippen molar-refractivity contribution in [3.8, 4) is 0 Å². The number of rotatable bonds is 1. The molecule has 2 saturated carbocycles. The summed E-state index contributed by atoms with van der Waals surface area (Å²) in [7, 11) is 0. The van der Waals surface area contributed by atoms with E-state index in [4.69, 9.17) is 0 Å². The first kappa shape index (κ1) is 13.1. The van der Waals surface area contributed by atoms with Crippen LogP contribution >= 0.6 is 0 Å². The number of carbonyl (C=O) groups excluding carboxylic acids is 2. The minimum atomic E-state index is -0.462. The molecule has 1 amide bonds. The maximum atomic E-state index is 13.2. The van der Waals surface area contributed by atoms with Gasteiger partial charge in [0.15, 0.2) is 0 Å². The molecule has 3 aliphatic rings. The number of hydrogen-bond donors (Lipinski definition) is 0. The van der Waals surface area contributed by atoms with Crippen molar-refractivity contribution in [1.82, 2.24) is 0 Å². The molecule has 0 N–H and O–H groups in total. The molecule has 4 rings (SSSR count). The predicted molar refractivity (Wildman–Crippen MR) is 81.3 cm³/mol. The Kier molecular flexibility index (Phi) is 2.46. The highest BCUT2D eigenvalue weighted by atomic mass is 16.2. The smallest absolute Gasteiger partial charge is 0.238 e. The van der Waals surface area contributed by atoms with Gasteiger partial charge in [0.2, 0.25) is 5.91 Å². The molecule has 1 aliphatic heterocycles. The fraction of sp³-hybridized carbons (Fsp3) is 0.556. The second-order valence-electron chi connectivity index (χ2n) is 7.49. The number of anilines is 1. The van der Waals surface area contributed by atoms with E-state index in [0.717, 1.165) is 24.1 Å². The topological polar surface area (TPSA) is 37.4 Å². The fourth-order valence-electron chi connectivity index (χ4n) is 4.26. The van der Waals surface area contributed by atoms with E-state index in [1.54, 1.807) is 0 Å². The van der Waals surface area contributed by atoms with Crippen LogP contribution in [-0.2, 0) is 15.0 Å². The van der Waals surface area contributed by atoms with Crippen LogP contribution in [0, 0.1) is 5.41 Å². The lowest BCUT2D eigenvalue weighted by Crippen LogP contribution is -2.49. The Balaban J connectivity index is 1.85. The normalized spacial score (nSPS) is 30.9. The van der Waals surface area contributed by atoms with E-state index in [2.05, 4.69) is 12.1 Å². The van der Waals surface area contributed by atoms with Crippen LogP contribution in [0.5, 0.6) is 0 Å². The van der Waals surface area contributed by atoms with Gasteiger partial charge in [0.05, 0.1) is 5.41 Å². The van der Waals surface area contributed by atoms with Crippen LogP contribution in [0.1, 0.15) is 51.5 Å². The van der Waals surface area contributed by atoms with E-state index in [1.807, 2.05) is 30.9 Å². The molecule has 0 aromatic heterocycles. The number of para-hydroxylation sites is 1. The van der Waals surface area contributed by atoms with Crippen LogP contribution in [0.3, 0.4) is 0 Å². The van der Waals surface area contributed by atoms with E-state index >= 15 is 0 Å². The summed E-state index contributed by atoms with van der Waals surface area (Å²) in [6.07, 6.45) is 4.06. The molecule has 0 radical (unpaired) electrons. The van der Waals surface area contributed by atoms with Crippen LogP contribution in [0.15, 0.2) is 24.3 Å². The van der Waals surface area contributed by atoms with E-state index in [9.17, 15) is 9.59 Å². The molecule has 1 spiro atoms. The monoisotopic (exact) mass is 283 g/mol. The third kappa shape index (κ3) is 1.66. The number of benzene rings is 1. The summed E-state index contributed by atoms with van der Waals surface area (Å²) >= 11 is 0. The average molecular weight is 283 g/mol. The SMILES string of the molecule is CC1(C)CC2(CCC1=O)C(=O)N(C1CC1)c1ccccc12. The van der Waals surface area contributed by atoms with Gasteiger partial charge in [-0.1, -0.05) is 32.0 Å². The maximum absolute atomic E-state index is 13.2. The Bertz CT molecular complexity index is 644. The molecule has 110 valence electrons. The van der Waals surface area contributed by atoms with Crippen LogP contribution in [0.25, 0.3) is 0 Å². The average Bonchev–Trinajstić information content (AvgIpc) is 3.24. The number of amides is 1. The van der Waals surface area contributed by atoms with E-state index < -0.39 is 10.8 Å². The standard InChI is InChI=1S/C18H21NO2/c1-17(2)11-18(10-9-15(17)20)13-5-3-4-6-14(13)19(16(18)21)12-7-8-12/h3-6,12H,7-11H2,1-2H3. The summed E-state index contributed by atoms with van der Waals surface area (Å²) in [5, 5.41) is 0. The van der Waals surface area contributed by atoms with Gasteiger partial charge in [-0.25, -0.2) is 0 Å². The zero-order chi connectivity index (χ0) is 14.8. The van der Waals surface area contributed by atoms with E-state index in [0.29, 0.717) is 31.1 Å². The van der Waals surface area contributed by atoms with Crippen molar-refractivity contribution in [2.24, 2.45) is 5.41 Å². The largest absolute Gasteiger partial charge is 0.308 e. The molecule has 1 aromatic carbocycles. The first-order valence-electron chi connectivity index (χ1n) is 7.92. The van der Waals surface area contributed by atoms with Crippen LogP contribution in [-0.4, -0.2) is 17.7 Å². The third-order valence-corrected chi connectivity index (χ3v) is 5.50. The van der Waals surface area contributed by atoms with Crippen LogP contribution in [0.2, 0.25) is 0 Å². The Morgan fingerprint density at radius 3 is 2.52 bits per heavy atom. The van der Waals surface area contributed by atoms with Gasteiger partial charge in [-0.2, -0.15) is 0 Å². The molecule has 2 aliphatic carbocycles. The summed E-state index contributed by atoms with van der Waals surface area (Å²) in [6.45, 7) is 3.98. The molecule has 1 heterocycles. The molecular weight excluding hydrogens is 262 g/mol. The molecule has 0 bridgehead atoms. The first-order chi connectivity index (χ1) is 9.96. The summed E-state index contributed by atoms with van der Waals surface area (Å²) in [4.78, 5) is 27.4. The molecule has 3 heteroatoms. The summed E-state index contributed by atoms with van der Waals surface area (Å²) < 4.78 is 0.